The zero-order valence-electron chi connectivity index (χ0n) is 12.8. The number of esters is 2. The molecule has 0 radical (unpaired) electrons. The third-order valence-electron chi connectivity index (χ3n) is 3.09. The maximum Gasteiger partial charge on any atom is 0.302 e. The van der Waals surface area contributed by atoms with Gasteiger partial charge in [-0.05, 0) is 12.8 Å². The summed E-state index contributed by atoms with van der Waals surface area (Å²) in [5.74, 6) is -1.03. The highest BCUT2D eigenvalue weighted by molar-refractivity contribution is 7.84. The van der Waals surface area contributed by atoms with Crippen molar-refractivity contribution in [2.75, 3.05) is 13.2 Å². The molecule has 1 rings (SSSR count). The number of rotatable bonds is 7. The second-order valence-corrected chi connectivity index (χ2v) is 6.59. The SMILES string of the molecule is CC(=O)OC/C(Cl)=C(/COC(C)=O)S(=O)OC1CCCCC1. The van der Waals surface area contributed by atoms with E-state index in [1.54, 1.807) is 0 Å². The maximum atomic E-state index is 12.3. The molecule has 1 aliphatic carbocycles. The predicted octanol–water partition coefficient (Wildman–Crippen LogP) is 2.58. The van der Waals surface area contributed by atoms with E-state index in [1.807, 2.05) is 0 Å². The summed E-state index contributed by atoms with van der Waals surface area (Å²) in [6.45, 7) is 2.00. The minimum absolute atomic E-state index is 0.0468. The smallest absolute Gasteiger partial charge is 0.302 e. The molecule has 1 saturated carbocycles. The topological polar surface area (TPSA) is 78.9 Å². The fourth-order valence-electron chi connectivity index (χ4n) is 1.97. The minimum Gasteiger partial charge on any atom is -0.460 e. The van der Waals surface area contributed by atoms with Gasteiger partial charge in [-0.3, -0.25) is 13.8 Å². The van der Waals surface area contributed by atoms with Crippen molar-refractivity contribution < 1.29 is 27.5 Å². The summed E-state index contributed by atoms with van der Waals surface area (Å²) >= 11 is 4.19. The Hall–Kier alpha value is -0.920. The number of halogens is 1. The van der Waals surface area contributed by atoms with E-state index in [0.717, 1.165) is 32.1 Å². The van der Waals surface area contributed by atoms with Gasteiger partial charge in [0, 0.05) is 13.8 Å². The number of carbonyl (C=O) groups is 2. The van der Waals surface area contributed by atoms with Crippen LogP contribution in [0.15, 0.2) is 9.94 Å². The first-order valence-corrected chi connectivity index (χ1v) is 8.58. The Morgan fingerprint density at radius 1 is 1.05 bits per heavy atom. The van der Waals surface area contributed by atoms with Crippen molar-refractivity contribution in [3.8, 4) is 0 Å². The number of hydrogen-bond donors (Lipinski definition) is 0. The molecular weight excluding hydrogens is 332 g/mol. The molecule has 0 aromatic carbocycles. The van der Waals surface area contributed by atoms with E-state index in [-0.39, 0.29) is 29.3 Å². The van der Waals surface area contributed by atoms with Crippen LogP contribution in [0.25, 0.3) is 0 Å². The highest BCUT2D eigenvalue weighted by Crippen LogP contribution is 2.24. The van der Waals surface area contributed by atoms with Gasteiger partial charge in [-0.25, -0.2) is 4.21 Å². The molecule has 0 aromatic heterocycles. The van der Waals surface area contributed by atoms with Crippen LogP contribution in [0.1, 0.15) is 46.0 Å². The molecule has 0 aliphatic heterocycles. The Bertz CT molecular complexity index is 456. The molecule has 0 aromatic rings. The lowest BCUT2D eigenvalue weighted by atomic mass is 9.98. The van der Waals surface area contributed by atoms with Gasteiger partial charge in [-0.1, -0.05) is 30.9 Å². The van der Waals surface area contributed by atoms with E-state index in [4.69, 9.17) is 25.3 Å². The van der Waals surface area contributed by atoms with E-state index in [2.05, 4.69) is 0 Å². The molecule has 1 atom stereocenters. The van der Waals surface area contributed by atoms with Gasteiger partial charge in [0.15, 0.2) is 11.1 Å². The van der Waals surface area contributed by atoms with E-state index in [0.29, 0.717) is 0 Å². The lowest BCUT2D eigenvalue weighted by Gasteiger charge is -2.21. The third-order valence-corrected chi connectivity index (χ3v) is 4.75. The second-order valence-electron chi connectivity index (χ2n) is 4.98. The molecule has 0 saturated heterocycles. The van der Waals surface area contributed by atoms with Crippen molar-refractivity contribution in [1.82, 2.24) is 0 Å². The summed E-state index contributed by atoms with van der Waals surface area (Å²) in [5.41, 5.74) is 0. The molecule has 8 heteroatoms. The lowest BCUT2D eigenvalue weighted by molar-refractivity contribution is -0.141. The van der Waals surface area contributed by atoms with Crippen LogP contribution in [0.2, 0.25) is 0 Å². The Balaban J connectivity index is 2.73. The summed E-state index contributed by atoms with van der Waals surface area (Å²) in [7, 11) is 0. The summed E-state index contributed by atoms with van der Waals surface area (Å²) in [5, 5.41) is 0.0468. The number of hydrogen-bond acceptors (Lipinski definition) is 6. The van der Waals surface area contributed by atoms with Crippen LogP contribution in [0, 0.1) is 0 Å². The zero-order valence-corrected chi connectivity index (χ0v) is 14.3. The second kappa shape index (κ2) is 9.97. The fourth-order valence-corrected chi connectivity index (χ4v) is 3.22. The van der Waals surface area contributed by atoms with Crippen LogP contribution in [0.5, 0.6) is 0 Å². The summed E-state index contributed by atoms with van der Waals surface area (Å²) in [6.07, 6.45) is 4.80. The number of ether oxygens (including phenoxy) is 2. The van der Waals surface area contributed by atoms with E-state index in [9.17, 15) is 13.8 Å². The highest BCUT2D eigenvalue weighted by Gasteiger charge is 2.22. The average molecular weight is 353 g/mol. The Morgan fingerprint density at radius 3 is 2.14 bits per heavy atom. The standard InChI is InChI=1S/C14H21ClO6S/c1-10(16)19-8-13(15)14(9-20-11(2)17)22(18)21-12-6-4-3-5-7-12/h12H,3-9H2,1-2H3/b14-13+. The van der Waals surface area contributed by atoms with Gasteiger partial charge in [0.05, 0.1) is 16.0 Å². The van der Waals surface area contributed by atoms with Crippen LogP contribution in [-0.4, -0.2) is 35.5 Å². The highest BCUT2D eigenvalue weighted by atomic mass is 35.5. The Labute approximate surface area is 137 Å². The van der Waals surface area contributed by atoms with Crippen LogP contribution in [0.4, 0.5) is 0 Å². The molecule has 0 amide bonds. The molecule has 22 heavy (non-hydrogen) atoms. The molecule has 1 fully saturated rings. The fraction of sp³-hybridized carbons (Fsp3) is 0.714. The maximum absolute atomic E-state index is 12.3. The van der Waals surface area contributed by atoms with Crippen molar-refractivity contribution in [3.63, 3.8) is 0 Å². The van der Waals surface area contributed by atoms with E-state index >= 15 is 0 Å². The lowest BCUT2D eigenvalue weighted by Crippen LogP contribution is -2.21. The van der Waals surface area contributed by atoms with Crippen LogP contribution in [0.3, 0.4) is 0 Å². The largest absolute Gasteiger partial charge is 0.460 e. The van der Waals surface area contributed by atoms with Gasteiger partial charge >= 0.3 is 11.9 Å². The first kappa shape index (κ1) is 19.1. The van der Waals surface area contributed by atoms with Crippen molar-refractivity contribution in [1.29, 1.82) is 0 Å². The number of carbonyl (C=O) groups excluding carboxylic acids is 2. The third kappa shape index (κ3) is 7.38. The molecule has 0 spiro atoms. The van der Waals surface area contributed by atoms with Gasteiger partial charge in [-0.2, -0.15) is 0 Å². The first-order valence-electron chi connectivity index (χ1n) is 7.13. The van der Waals surface area contributed by atoms with Gasteiger partial charge in [0.2, 0.25) is 0 Å². The molecular formula is C14H21ClO6S. The molecule has 0 bridgehead atoms. The van der Waals surface area contributed by atoms with Crippen molar-refractivity contribution >= 4 is 34.6 Å². The van der Waals surface area contributed by atoms with Gasteiger partial charge in [0.1, 0.15) is 13.2 Å². The van der Waals surface area contributed by atoms with Crippen LogP contribution >= 0.6 is 11.6 Å². The normalized spacial score (nSPS) is 18.3. The zero-order chi connectivity index (χ0) is 16.5. The van der Waals surface area contributed by atoms with Crippen molar-refractivity contribution in [2.45, 2.75) is 52.1 Å². The van der Waals surface area contributed by atoms with Gasteiger partial charge in [0.25, 0.3) is 0 Å². The molecule has 126 valence electrons. The molecule has 1 aliphatic rings. The van der Waals surface area contributed by atoms with Gasteiger partial charge < -0.3 is 9.47 Å². The summed E-state index contributed by atoms with van der Waals surface area (Å²) in [4.78, 5) is 21.9. The van der Waals surface area contributed by atoms with Crippen molar-refractivity contribution in [2.24, 2.45) is 0 Å². The average Bonchev–Trinajstić information content (AvgIpc) is 2.46. The summed E-state index contributed by atoms with van der Waals surface area (Å²) in [6, 6.07) is 0. The minimum atomic E-state index is -1.84. The van der Waals surface area contributed by atoms with Gasteiger partial charge in [-0.15, -0.1) is 0 Å². The monoisotopic (exact) mass is 352 g/mol. The molecule has 0 N–H and O–H groups in total. The molecule has 0 heterocycles. The van der Waals surface area contributed by atoms with Crippen molar-refractivity contribution in [3.05, 3.63) is 9.94 Å². The predicted molar refractivity (Wildman–Crippen MR) is 82.2 cm³/mol. The molecule has 6 nitrogen and oxygen atoms in total. The van der Waals surface area contributed by atoms with E-state index < -0.39 is 23.0 Å². The van der Waals surface area contributed by atoms with Crippen LogP contribution in [-0.2, 0) is 34.3 Å². The first-order chi connectivity index (χ1) is 10.4. The quantitative estimate of drug-likeness (QED) is 0.655. The Kier molecular flexibility index (Phi) is 8.67. The Morgan fingerprint density at radius 2 is 1.59 bits per heavy atom. The summed E-state index contributed by atoms with van der Waals surface area (Å²) < 4.78 is 27.5. The molecule has 1 unspecified atom stereocenters. The van der Waals surface area contributed by atoms with Crippen LogP contribution < -0.4 is 0 Å². The van der Waals surface area contributed by atoms with E-state index in [1.165, 1.54) is 13.8 Å².